The zero-order chi connectivity index (χ0) is 14.3. The van der Waals surface area contributed by atoms with Gasteiger partial charge in [0.05, 0.1) is 0 Å². The molecule has 1 atom stereocenters. The second kappa shape index (κ2) is 7.20. The van der Waals surface area contributed by atoms with Crippen LogP contribution >= 0.6 is 0 Å². The lowest BCUT2D eigenvalue weighted by Gasteiger charge is -2.24. The highest BCUT2D eigenvalue weighted by atomic mass is 16.6. The average Bonchev–Trinajstić information content (AvgIpc) is 2.14. The number of nitrogens with zero attached hydrogens (tertiary/aromatic N) is 1. The number of ether oxygens (including phenoxy) is 1. The van der Waals surface area contributed by atoms with Crippen molar-refractivity contribution < 1.29 is 14.3 Å². The summed E-state index contributed by atoms with van der Waals surface area (Å²) in [6.07, 6.45) is 1.24. The maximum atomic E-state index is 11.6. The second-order valence-electron chi connectivity index (χ2n) is 5.34. The largest absolute Gasteiger partial charge is 0.444 e. The second-order valence-corrected chi connectivity index (χ2v) is 5.34. The molecule has 0 aliphatic carbocycles. The van der Waals surface area contributed by atoms with E-state index >= 15 is 0 Å². The van der Waals surface area contributed by atoms with E-state index in [-0.39, 0.29) is 18.4 Å². The molecular formula is C12H25N3O3. The minimum atomic E-state index is -0.546. The van der Waals surface area contributed by atoms with Gasteiger partial charge in [-0.1, -0.05) is 13.3 Å². The van der Waals surface area contributed by atoms with Gasteiger partial charge in [0.25, 0.3) is 0 Å². The Morgan fingerprint density at radius 1 is 1.39 bits per heavy atom. The number of alkyl carbamates (subject to hydrolysis) is 1. The first kappa shape index (κ1) is 16.7. The molecule has 0 saturated carbocycles. The Kier molecular flexibility index (Phi) is 6.68. The van der Waals surface area contributed by atoms with Crippen LogP contribution in [0.5, 0.6) is 0 Å². The van der Waals surface area contributed by atoms with E-state index in [2.05, 4.69) is 5.32 Å². The molecule has 0 rings (SSSR count). The van der Waals surface area contributed by atoms with Gasteiger partial charge in [0.15, 0.2) is 0 Å². The van der Waals surface area contributed by atoms with Gasteiger partial charge in [-0.25, -0.2) is 10.6 Å². The Morgan fingerprint density at radius 3 is 2.33 bits per heavy atom. The summed E-state index contributed by atoms with van der Waals surface area (Å²) in [5, 5.41) is 3.72. The zero-order valence-electron chi connectivity index (χ0n) is 11.9. The van der Waals surface area contributed by atoms with Crippen molar-refractivity contribution in [2.24, 2.45) is 5.84 Å². The molecule has 0 radical (unpaired) electrons. The van der Waals surface area contributed by atoms with Crippen LogP contribution in [0.2, 0.25) is 0 Å². The van der Waals surface area contributed by atoms with Crippen LogP contribution in [0.4, 0.5) is 4.79 Å². The van der Waals surface area contributed by atoms with E-state index < -0.39 is 11.7 Å². The number of nitrogens with two attached hydrogens (primary N) is 1. The van der Waals surface area contributed by atoms with Gasteiger partial charge in [-0.15, -0.1) is 0 Å². The van der Waals surface area contributed by atoms with Gasteiger partial charge >= 0.3 is 6.09 Å². The van der Waals surface area contributed by atoms with E-state index in [1.807, 2.05) is 6.92 Å². The van der Waals surface area contributed by atoms with Gasteiger partial charge in [-0.3, -0.25) is 9.80 Å². The van der Waals surface area contributed by atoms with Crippen molar-refractivity contribution in [2.75, 3.05) is 7.05 Å². The summed E-state index contributed by atoms with van der Waals surface area (Å²) in [6, 6.07) is -0.247. The van der Waals surface area contributed by atoms with Crippen molar-refractivity contribution in [3.63, 3.8) is 0 Å². The number of carbonyl (C=O) groups is 2. The van der Waals surface area contributed by atoms with Crippen LogP contribution in [0, 0.1) is 0 Å². The first-order valence-corrected chi connectivity index (χ1v) is 6.16. The number of rotatable bonds is 5. The van der Waals surface area contributed by atoms with Gasteiger partial charge in [0.1, 0.15) is 5.60 Å². The summed E-state index contributed by atoms with van der Waals surface area (Å²) in [5.41, 5.74) is -0.546. The van der Waals surface area contributed by atoms with Gasteiger partial charge in [-0.2, -0.15) is 0 Å². The zero-order valence-corrected chi connectivity index (χ0v) is 11.9. The summed E-state index contributed by atoms with van der Waals surface area (Å²) in [6.45, 7) is 7.36. The van der Waals surface area contributed by atoms with E-state index in [0.717, 1.165) is 11.4 Å². The molecule has 0 aliphatic heterocycles. The first-order valence-electron chi connectivity index (χ1n) is 6.16. The molecule has 1 unspecified atom stereocenters. The third-order valence-electron chi connectivity index (χ3n) is 2.17. The van der Waals surface area contributed by atoms with Crippen LogP contribution in [0.1, 0.15) is 47.0 Å². The Bertz CT molecular complexity index is 285. The lowest BCUT2D eigenvalue weighted by molar-refractivity contribution is -0.130. The summed E-state index contributed by atoms with van der Waals surface area (Å²) in [5.74, 6) is 5.13. The van der Waals surface area contributed by atoms with Crippen molar-refractivity contribution in [2.45, 2.75) is 58.6 Å². The summed E-state index contributed by atoms with van der Waals surface area (Å²) in [7, 11) is 1.48. The highest BCUT2D eigenvalue weighted by Gasteiger charge is 2.21. The number of hydrogen-bond donors (Lipinski definition) is 2. The van der Waals surface area contributed by atoms with Crippen molar-refractivity contribution in [1.82, 2.24) is 10.3 Å². The van der Waals surface area contributed by atoms with E-state index in [1.165, 1.54) is 7.05 Å². The summed E-state index contributed by atoms with van der Waals surface area (Å²) in [4.78, 5) is 23.1. The monoisotopic (exact) mass is 259 g/mol. The highest BCUT2D eigenvalue weighted by molar-refractivity contribution is 5.77. The third-order valence-corrected chi connectivity index (χ3v) is 2.17. The molecular weight excluding hydrogens is 234 g/mol. The SMILES string of the molecule is CCCC(CC(=O)N(C)N)NC(=O)OC(C)(C)C. The van der Waals surface area contributed by atoms with Crippen molar-refractivity contribution in [3.8, 4) is 0 Å². The standard InChI is InChI=1S/C12H25N3O3/c1-6-7-9(8-10(16)15(5)13)14-11(17)18-12(2,3)4/h9H,6-8,13H2,1-5H3,(H,14,17). The van der Waals surface area contributed by atoms with Gasteiger partial charge in [0.2, 0.25) is 5.91 Å². The summed E-state index contributed by atoms with van der Waals surface area (Å²) < 4.78 is 5.15. The lowest BCUT2D eigenvalue weighted by Crippen LogP contribution is -2.43. The minimum Gasteiger partial charge on any atom is -0.444 e. The molecule has 106 valence electrons. The molecule has 0 aromatic heterocycles. The topological polar surface area (TPSA) is 84.7 Å². The molecule has 6 nitrogen and oxygen atoms in total. The number of carbonyl (C=O) groups excluding carboxylic acids is 2. The number of nitrogens with one attached hydrogen (secondary N) is 1. The van der Waals surface area contributed by atoms with Crippen LogP contribution in [0.15, 0.2) is 0 Å². The average molecular weight is 259 g/mol. The molecule has 6 heteroatoms. The normalized spacial score (nSPS) is 12.8. The molecule has 0 heterocycles. The van der Waals surface area contributed by atoms with Crippen molar-refractivity contribution >= 4 is 12.0 Å². The molecule has 2 amide bonds. The molecule has 0 bridgehead atoms. The van der Waals surface area contributed by atoms with Gasteiger partial charge in [0, 0.05) is 19.5 Å². The third kappa shape index (κ3) is 7.89. The molecule has 0 spiro atoms. The van der Waals surface area contributed by atoms with Crippen LogP contribution in [-0.4, -0.2) is 35.7 Å². The maximum Gasteiger partial charge on any atom is 0.407 e. The van der Waals surface area contributed by atoms with Crippen molar-refractivity contribution in [1.29, 1.82) is 0 Å². The quantitative estimate of drug-likeness (QED) is 0.444. The molecule has 0 aliphatic rings. The fourth-order valence-electron chi connectivity index (χ4n) is 1.40. The number of hydrogen-bond acceptors (Lipinski definition) is 4. The molecule has 3 N–H and O–H groups in total. The Morgan fingerprint density at radius 2 is 1.94 bits per heavy atom. The minimum absolute atomic E-state index is 0.181. The van der Waals surface area contributed by atoms with Gasteiger partial charge < -0.3 is 10.1 Å². The molecule has 18 heavy (non-hydrogen) atoms. The summed E-state index contributed by atoms with van der Waals surface area (Å²) >= 11 is 0. The fraction of sp³-hybridized carbons (Fsp3) is 0.833. The van der Waals surface area contributed by atoms with Crippen LogP contribution in [-0.2, 0) is 9.53 Å². The highest BCUT2D eigenvalue weighted by Crippen LogP contribution is 2.09. The maximum absolute atomic E-state index is 11.6. The molecule has 0 aromatic rings. The molecule has 0 aromatic carbocycles. The van der Waals surface area contributed by atoms with Crippen molar-refractivity contribution in [3.05, 3.63) is 0 Å². The first-order chi connectivity index (χ1) is 8.15. The van der Waals surface area contributed by atoms with Gasteiger partial charge in [-0.05, 0) is 27.2 Å². The van der Waals surface area contributed by atoms with E-state index in [4.69, 9.17) is 10.6 Å². The lowest BCUT2D eigenvalue weighted by atomic mass is 10.1. The number of hydrazine groups is 1. The smallest absolute Gasteiger partial charge is 0.407 e. The molecule has 0 saturated heterocycles. The Balaban J connectivity index is 4.35. The Labute approximate surface area is 109 Å². The predicted octanol–water partition coefficient (Wildman–Crippen LogP) is 1.40. The van der Waals surface area contributed by atoms with E-state index in [9.17, 15) is 9.59 Å². The number of amides is 2. The van der Waals surface area contributed by atoms with Crippen LogP contribution in [0.3, 0.4) is 0 Å². The predicted molar refractivity (Wildman–Crippen MR) is 69.6 cm³/mol. The Hall–Kier alpha value is -1.30. The van der Waals surface area contributed by atoms with E-state index in [1.54, 1.807) is 20.8 Å². The van der Waals surface area contributed by atoms with E-state index in [0.29, 0.717) is 6.42 Å². The van der Waals surface area contributed by atoms with Crippen LogP contribution < -0.4 is 11.2 Å². The molecule has 0 fully saturated rings. The van der Waals surface area contributed by atoms with Crippen LogP contribution in [0.25, 0.3) is 0 Å². The fourth-order valence-corrected chi connectivity index (χ4v) is 1.40.